The van der Waals surface area contributed by atoms with E-state index in [0.717, 1.165) is 26.8 Å². The highest BCUT2D eigenvalue weighted by molar-refractivity contribution is 8.00. The fraction of sp³-hybridized carbons (Fsp3) is 0.118. The minimum Gasteiger partial charge on any atom is -0.325 e. The molecule has 1 aromatic carbocycles. The summed E-state index contributed by atoms with van der Waals surface area (Å²) in [6.45, 7) is 1.97. The van der Waals surface area contributed by atoms with Crippen LogP contribution in [0.3, 0.4) is 0 Å². The molecule has 116 valence electrons. The van der Waals surface area contributed by atoms with Gasteiger partial charge in [-0.2, -0.15) is 0 Å². The fourth-order valence-corrected chi connectivity index (χ4v) is 3.37. The van der Waals surface area contributed by atoms with Gasteiger partial charge in [0, 0.05) is 28.2 Å². The van der Waals surface area contributed by atoms with E-state index in [9.17, 15) is 4.79 Å². The third-order valence-corrected chi connectivity index (χ3v) is 4.90. The van der Waals surface area contributed by atoms with Gasteiger partial charge < -0.3 is 5.32 Å². The summed E-state index contributed by atoms with van der Waals surface area (Å²) < 4.78 is 0. The summed E-state index contributed by atoms with van der Waals surface area (Å²) >= 11 is 3.09. The molecule has 0 unspecified atom stereocenters. The number of para-hydroxylation sites is 1. The van der Waals surface area contributed by atoms with Crippen molar-refractivity contribution in [2.75, 3.05) is 11.1 Å². The van der Waals surface area contributed by atoms with Crippen LogP contribution in [0, 0.1) is 6.92 Å². The van der Waals surface area contributed by atoms with Crippen LogP contribution in [0.4, 0.5) is 5.69 Å². The third-order valence-electron chi connectivity index (χ3n) is 3.12. The molecule has 3 aromatic rings. The van der Waals surface area contributed by atoms with E-state index >= 15 is 0 Å². The van der Waals surface area contributed by atoms with E-state index in [-0.39, 0.29) is 5.91 Å². The van der Waals surface area contributed by atoms with Crippen LogP contribution >= 0.6 is 23.1 Å². The minimum atomic E-state index is -0.0359. The zero-order valence-electron chi connectivity index (χ0n) is 12.5. The van der Waals surface area contributed by atoms with Crippen LogP contribution in [0.5, 0.6) is 0 Å². The van der Waals surface area contributed by atoms with Gasteiger partial charge in [0.05, 0.1) is 22.1 Å². The number of amides is 1. The van der Waals surface area contributed by atoms with Gasteiger partial charge in [-0.25, -0.2) is 4.98 Å². The predicted octanol–water partition coefficient (Wildman–Crippen LogP) is 4.24. The van der Waals surface area contributed by atoms with Crippen LogP contribution in [0.15, 0.2) is 59.1 Å². The molecular formula is C17H15N3OS2. The van der Waals surface area contributed by atoms with Crippen molar-refractivity contribution in [3.8, 4) is 11.3 Å². The Morgan fingerprint density at radius 2 is 2.00 bits per heavy atom. The summed E-state index contributed by atoms with van der Waals surface area (Å²) in [5, 5.41) is 5.99. The molecule has 0 spiro atoms. The second-order valence-electron chi connectivity index (χ2n) is 4.82. The van der Waals surface area contributed by atoms with Gasteiger partial charge >= 0.3 is 0 Å². The summed E-state index contributed by atoms with van der Waals surface area (Å²) in [7, 11) is 0. The van der Waals surface area contributed by atoms with Gasteiger partial charge in [0.25, 0.3) is 0 Å². The number of benzene rings is 1. The number of thioether (sulfide) groups is 1. The van der Waals surface area contributed by atoms with E-state index in [1.54, 1.807) is 23.7 Å². The molecule has 0 atom stereocenters. The van der Waals surface area contributed by atoms with E-state index in [4.69, 9.17) is 0 Å². The highest BCUT2D eigenvalue weighted by Crippen LogP contribution is 2.29. The first-order valence-corrected chi connectivity index (χ1v) is 8.93. The molecule has 0 aliphatic rings. The van der Waals surface area contributed by atoms with Crippen LogP contribution in [0.1, 0.15) is 5.01 Å². The van der Waals surface area contributed by atoms with Crippen LogP contribution in [-0.4, -0.2) is 21.6 Å². The normalized spacial score (nSPS) is 10.5. The van der Waals surface area contributed by atoms with Crippen molar-refractivity contribution < 1.29 is 4.79 Å². The van der Waals surface area contributed by atoms with Crippen LogP contribution in [-0.2, 0) is 4.79 Å². The largest absolute Gasteiger partial charge is 0.325 e. The van der Waals surface area contributed by atoms with E-state index < -0.39 is 0 Å². The van der Waals surface area contributed by atoms with Crippen molar-refractivity contribution in [2.45, 2.75) is 11.8 Å². The van der Waals surface area contributed by atoms with Gasteiger partial charge in [-0.15, -0.1) is 23.1 Å². The zero-order chi connectivity index (χ0) is 16.1. The number of nitrogens with zero attached hydrogens (tertiary/aromatic N) is 2. The number of hydrogen-bond donors (Lipinski definition) is 1. The number of carbonyl (C=O) groups is 1. The maximum Gasteiger partial charge on any atom is 0.234 e. The molecule has 4 nitrogen and oxygen atoms in total. The quantitative estimate of drug-likeness (QED) is 0.705. The van der Waals surface area contributed by atoms with Crippen LogP contribution in [0.2, 0.25) is 0 Å². The number of nitrogens with one attached hydrogen (secondary N) is 1. The maximum atomic E-state index is 12.2. The van der Waals surface area contributed by atoms with E-state index in [2.05, 4.69) is 15.3 Å². The van der Waals surface area contributed by atoms with Crippen molar-refractivity contribution in [1.29, 1.82) is 0 Å². The zero-order valence-corrected chi connectivity index (χ0v) is 14.2. The summed E-state index contributed by atoms with van der Waals surface area (Å²) in [5.74, 6) is 0.320. The number of hydrogen-bond acceptors (Lipinski definition) is 5. The van der Waals surface area contributed by atoms with Gasteiger partial charge in [0.1, 0.15) is 0 Å². The molecule has 1 amide bonds. The summed E-state index contributed by atoms with van der Waals surface area (Å²) in [6, 6.07) is 11.5. The van der Waals surface area contributed by atoms with Gasteiger partial charge in [0.2, 0.25) is 5.91 Å². The molecule has 1 N–H and O–H groups in total. The Hall–Kier alpha value is -2.18. The number of thiazole rings is 1. The lowest BCUT2D eigenvalue weighted by Crippen LogP contribution is -2.14. The summed E-state index contributed by atoms with van der Waals surface area (Å²) in [6.07, 6.45) is 3.44. The molecule has 23 heavy (non-hydrogen) atoms. The molecule has 2 heterocycles. The Morgan fingerprint density at radius 1 is 1.22 bits per heavy atom. The number of anilines is 1. The Balaban J connectivity index is 1.69. The van der Waals surface area contributed by atoms with Crippen LogP contribution < -0.4 is 5.32 Å². The number of aromatic nitrogens is 2. The second kappa shape index (κ2) is 7.39. The molecule has 0 aliphatic heterocycles. The van der Waals surface area contributed by atoms with Gasteiger partial charge in [-0.3, -0.25) is 9.78 Å². The standard InChI is InChI=1S/C17H15N3OS2/c1-12-19-16(10-22-12)14-4-2-3-5-15(14)20-17(21)11-23-13-6-8-18-9-7-13/h2-10H,11H2,1H3,(H,20,21). The van der Waals surface area contributed by atoms with Crippen molar-refractivity contribution in [3.05, 3.63) is 59.2 Å². The Kier molecular flexibility index (Phi) is 5.05. The van der Waals surface area contributed by atoms with Gasteiger partial charge in [0.15, 0.2) is 0 Å². The molecule has 0 aliphatic carbocycles. The third kappa shape index (κ3) is 4.18. The Morgan fingerprint density at radius 3 is 2.74 bits per heavy atom. The first-order chi connectivity index (χ1) is 11.2. The van der Waals surface area contributed by atoms with Crippen LogP contribution in [0.25, 0.3) is 11.3 Å². The average molecular weight is 341 g/mol. The fourth-order valence-electron chi connectivity index (χ4n) is 2.07. The lowest BCUT2D eigenvalue weighted by molar-refractivity contribution is -0.113. The van der Waals surface area contributed by atoms with Crippen molar-refractivity contribution in [1.82, 2.24) is 9.97 Å². The highest BCUT2D eigenvalue weighted by atomic mass is 32.2. The molecule has 0 fully saturated rings. The molecule has 6 heteroatoms. The molecule has 0 radical (unpaired) electrons. The van der Waals surface area contributed by atoms with Crippen molar-refractivity contribution >= 4 is 34.7 Å². The first-order valence-electron chi connectivity index (χ1n) is 7.06. The minimum absolute atomic E-state index is 0.0359. The Labute approximate surface area is 143 Å². The molecule has 3 rings (SSSR count). The topological polar surface area (TPSA) is 54.9 Å². The maximum absolute atomic E-state index is 12.2. The lowest BCUT2D eigenvalue weighted by Gasteiger charge is -2.09. The summed E-state index contributed by atoms with van der Waals surface area (Å²) in [4.78, 5) is 21.7. The number of rotatable bonds is 5. The van der Waals surface area contributed by atoms with E-state index in [1.807, 2.05) is 48.7 Å². The van der Waals surface area contributed by atoms with Crippen molar-refractivity contribution in [2.24, 2.45) is 0 Å². The molecule has 0 bridgehead atoms. The van der Waals surface area contributed by atoms with E-state index in [1.165, 1.54) is 11.8 Å². The molecular weight excluding hydrogens is 326 g/mol. The van der Waals surface area contributed by atoms with Gasteiger partial charge in [-0.05, 0) is 25.1 Å². The molecule has 2 aromatic heterocycles. The molecule has 0 saturated carbocycles. The average Bonchev–Trinajstić information content (AvgIpc) is 3.01. The number of aryl methyl sites for hydroxylation is 1. The van der Waals surface area contributed by atoms with Gasteiger partial charge in [-0.1, -0.05) is 18.2 Å². The van der Waals surface area contributed by atoms with Crippen molar-refractivity contribution in [3.63, 3.8) is 0 Å². The monoisotopic (exact) mass is 341 g/mol. The number of pyridine rings is 1. The Bertz CT molecular complexity index is 802. The predicted molar refractivity (Wildman–Crippen MR) is 95.9 cm³/mol. The van der Waals surface area contributed by atoms with E-state index in [0.29, 0.717) is 5.75 Å². The molecule has 0 saturated heterocycles. The lowest BCUT2D eigenvalue weighted by atomic mass is 10.1. The summed E-state index contributed by atoms with van der Waals surface area (Å²) in [5.41, 5.74) is 2.63. The highest BCUT2D eigenvalue weighted by Gasteiger charge is 2.10. The number of carbonyl (C=O) groups excluding carboxylic acids is 1. The SMILES string of the molecule is Cc1nc(-c2ccccc2NC(=O)CSc2ccncc2)cs1. The first kappa shape index (κ1) is 15.7. The smallest absolute Gasteiger partial charge is 0.234 e. The second-order valence-corrected chi connectivity index (χ2v) is 6.93.